The third-order valence-electron chi connectivity index (χ3n) is 3.26. The second-order valence-corrected chi connectivity index (χ2v) is 5.24. The largest absolute Gasteiger partial charge is 0.459 e. The lowest BCUT2D eigenvalue weighted by Gasteiger charge is -2.33. The number of aromatic nitrogens is 1. The molecule has 0 bridgehead atoms. The number of hydrogen-bond donors (Lipinski definition) is 0. The number of nitrogens with zero attached hydrogens (tertiary/aromatic N) is 3. The first-order valence-corrected chi connectivity index (χ1v) is 7.19. The van der Waals surface area contributed by atoms with E-state index in [1.807, 2.05) is 10.4 Å². The van der Waals surface area contributed by atoms with Crippen LogP contribution < -0.4 is 0 Å². The van der Waals surface area contributed by atoms with Crippen molar-refractivity contribution in [1.82, 2.24) is 14.8 Å². The van der Waals surface area contributed by atoms with Crippen LogP contribution in [0.25, 0.3) is 0 Å². The normalized spacial score (nSPS) is 16.7. The number of furan rings is 1. The van der Waals surface area contributed by atoms with Crippen molar-refractivity contribution < 1.29 is 9.21 Å². The average Bonchev–Trinajstić information content (AvgIpc) is 3.12. The highest BCUT2D eigenvalue weighted by atomic mass is 32.1. The lowest BCUT2D eigenvalue weighted by molar-refractivity contribution is 0.0596. The predicted molar refractivity (Wildman–Crippen MR) is 72.0 cm³/mol. The molecule has 0 N–H and O–H groups in total. The second-order valence-electron chi connectivity index (χ2n) is 4.53. The monoisotopic (exact) mass is 277 g/mol. The van der Waals surface area contributed by atoms with E-state index in [2.05, 4.69) is 15.3 Å². The van der Waals surface area contributed by atoms with Gasteiger partial charge in [-0.25, -0.2) is 4.98 Å². The van der Waals surface area contributed by atoms with Gasteiger partial charge in [0.15, 0.2) is 5.76 Å². The summed E-state index contributed by atoms with van der Waals surface area (Å²) in [6.45, 7) is 4.10. The molecular formula is C13H15N3O2S. The van der Waals surface area contributed by atoms with Gasteiger partial charge in [-0.2, -0.15) is 0 Å². The molecule has 1 fully saturated rings. The number of carbonyl (C=O) groups excluding carboxylic acids is 1. The smallest absolute Gasteiger partial charge is 0.289 e. The Balaban J connectivity index is 1.53. The number of piperazine rings is 1. The molecule has 0 aromatic carbocycles. The molecule has 0 spiro atoms. The van der Waals surface area contributed by atoms with Crippen LogP contribution in [0.3, 0.4) is 0 Å². The number of thiazole rings is 1. The van der Waals surface area contributed by atoms with Crippen LogP contribution in [0.15, 0.2) is 33.7 Å². The fraction of sp³-hybridized carbons (Fsp3) is 0.385. The Kier molecular flexibility index (Phi) is 3.61. The van der Waals surface area contributed by atoms with Gasteiger partial charge in [-0.1, -0.05) is 0 Å². The molecule has 1 saturated heterocycles. The van der Waals surface area contributed by atoms with Gasteiger partial charge < -0.3 is 9.32 Å². The van der Waals surface area contributed by atoms with Gasteiger partial charge >= 0.3 is 0 Å². The van der Waals surface area contributed by atoms with Crippen LogP contribution >= 0.6 is 11.3 Å². The molecule has 19 heavy (non-hydrogen) atoms. The van der Waals surface area contributed by atoms with Crippen LogP contribution in [-0.2, 0) is 6.54 Å². The van der Waals surface area contributed by atoms with Crippen molar-refractivity contribution in [2.45, 2.75) is 6.54 Å². The molecule has 5 nitrogen and oxygen atoms in total. The molecule has 1 aliphatic rings. The number of rotatable bonds is 3. The molecule has 0 saturated carbocycles. The molecule has 100 valence electrons. The summed E-state index contributed by atoms with van der Waals surface area (Å²) >= 11 is 1.62. The maximum absolute atomic E-state index is 12.1. The summed E-state index contributed by atoms with van der Waals surface area (Å²) in [7, 11) is 0. The van der Waals surface area contributed by atoms with Crippen molar-refractivity contribution in [1.29, 1.82) is 0 Å². The van der Waals surface area contributed by atoms with E-state index in [1.54, 1.807) is 23.5 Å². The van der Waals surface area contributed by atoms with E-state index in [-0.39, 0.29) is 5.91 Å². The maximum Gasteiger partial charge on any atom is 0.289 e. The third kappa shape index (κ3) is 2.85. The van der Waals surface area contributed by atoms with Gasteiger partial charge in [0.2, 0.25) is 0 Å². The van der Waals surface area contributed by atoms with Crippen LogP contribution in [0.5, 0.6) is 0 Å². The molecule has 1 aliphatic heterocycles. The Morgan fingerprint density at radius 2 is 2.21 bits per heavy atom. The summed E-state index contributed by atoms with van der Waals surface area (Å²) in [6.07, 6.45) is 1.53. The topological polar surface area (TPSA) is 49.6 Å². The Bertz CT molecular complexity index is 516. The molecule has 0 aliphatic carbocycles. The van der Waals surface area contributed by atoms with Gasteiger partial charge in [0, 0.05) is 38.1 Å². The van der Waals surface area contributed by atoms with Gasteiger partial charge in [-0.05, 0) is 12.1 Å². The van der Waals surface area contributed by atoms with Crippen molar-refractivity contribution in [2.75, 3.05) is 26.2 Å². The highest BCUT2D eigenvalue weighted by Gasteiger charge is 2.23. The maximum atomic E-state index is 12.1. The number of carbonyl (C=O) groups is 1. The Morgan fingerprint density at radius 1 is 1.37 bits per heavy atom. The van der Waals surface area contributed by atoms with Crippen molar-refractivity contribution in [3.8, 4) is 0 Å². The van der Waals surface area contributed by atoms with E-state index in [0.717, 1.165) is 38.4 Å². The van der Waals surface area contributed by atoms with Crippen molar-refractivity contribution in [3.05, 3.63) is 40.7 Å². The zero-order valence-electron chi connectivity index (χ0n) is 10.5. The highest BCUT2D eigenvalue weighted by molar-refractivity contribution is 7.07. The zero-order chi connectivity index (χ0) is 13.1. The summed E-state index contributed by atoms with van der Waals surface area (Å²) in [6, 6.07) is 3.45. The van der Waals surface area contributed by atoms with E-state index >= 15 is 0 Å². The minimum absolute atomic E-state index is 0.0155. The van der Waals surface area contributed by atoms with E-state index in [9.17, 15) is 4.79 Å². The van der Waals surface area contributed by atoms with Gasteiger partial charge in [0.05, 0.1) is 17.5 Å². The molecule has 3 rings (SSSR count). The van der Waals surface area contributed by atoms with Crippen LogP contribution in [-0.4, -0.2) is 46.9 Å². The van der Waals surface area contributed by atoms with E-state index in [4.69, 9.17) is 4.42 Å². The predicted octanol–water partition coefficient (Wildman–Crippen LogP) is 1.69. The SMILES string of the molecule is O=C(c1ccco1)N1CCN(Cc2cscn2)CC1. The highest BCUT2D eigenvalue weighted by Crippen LogP contribution is 2.12. The summed E-state index contributed by atoms with van der Waals surface area (Å²) < 4.78 is 5.15. The summed E-state index contributed by atoms with van der Waals surface area (Å²) in [5.41, 5.74) is 2.96. The summed E-state index contributed by atoms with van der Waals surface area (Å²) in [4.78, 5) is 20.5. The lowest BCUT2D eigenvalue weighted by Crippen LogP contribution is -2.48. The molecule has 3 heterocycles. The standard InChI is InChI=1S/C13H15N3O2S/c17-13(12-2-1-7-18-12)16-5-3-15(4-6-16)8-11-9-19-10-14-11/h1-2,7,9-10H,3-6,8H2. The molecule has 0 atom stereocenters. The summed E-state index contributed by atoms with van der Waals surface area (Å²) in [5.74, 6) is 0.409. The first-order chi connectivity index (χ1) is 9.33. The molecular weight excluding hydrogens is 262 g/mol. The van der Waals surface area contributed by atoms with Crippen LogP contribution in [0.1, 0.15) is 16.2 Å². The number of hydrogen-bond acceptors (Lipinski definition) is 5. The lowest BCUT2D eigenvalue weighted by atomic mass is 10.2. The second kappa shape index (κ2) is 5.54. The van der Waals surface area contributed by atoms with Crippen molar-refractivity contribution in [2.24, 2.45) is 0 Å². The molecule has 1 amide bonds. The quantitative estimate of drug-likeness (QED) is 0.856. The molecule has 2 aromatic heterocycles. The average molecular weight is 277 g/mol. The van der Waals surface area contributed by atoms with Crippen molar-refractivity contribution in [3.63, 3.8) is 0 Å². The van der Waals surface area contributed by atoms with Gasteiger partial charge in [-0.3, -0.25) is 9.69 Å². The van der Waals surface area contributed by atoms with Crippen LogP contribution in [0.4, 0.5) is 0 Å². The van der Waals surface area contributed by atoms with Crippen LogP contribution in [0.2, 0.25) is 0 Å². The summed E-state index contributed by atoms with van der Waals surface area (Å²) in [5, 5.41) is 2.07. The zero-order valence-corrected chi connectivity index (χ0v) is 11.3. The minimum atomic E-state index is -0.0155. The minimum Gasteiger partial charge on any atom is -0.459 e. The van der Waals surface area contributed by atoms with E-state index in [1.165, 1.54) is 6.26 Å². The first kappa shape index (κ1) is 12.4. The Morgan fingerprint density at radius 3 is 2.84 bits per heavy atom. The Hall–Kier alpha value is -1.66. The van der Waals surface area contributed by atoms with Gasteiger partial charge in [-0.15, -0.1) is 11.3 Å². The van der Waals surface area contributed by atoms with E-state index in [0.29, 0.717) is 5.76 Å². The molecule has 6 heteroatoms. The van der Waals surface area contributed by atoms with Gasteiger partial charge in [0.1, 0.15) is 0 Å². The molecule has 0 radical (unpaired) electrons. The van der Waals surface area contributed by atoms with E-state index < -0.39 is 0 Å². The fourth-order valence-electron chi connectivity index (χ4n) is 2.21. The first-order valence-electron chi connectivity index (χ1n) is 6.25. The molecule has 0 unspecified atom stereocenters. The van der Waals surface area contributed by atoms with Gasteiger partial charge in [0.25, 0.3) is 5.91 Å². The molecule has 2 aromatic rings. The van der Waals surface area contributed by atoms with Crippen molar-refractivity contribution >= 4 is 17.2 Å². The fourth-order valence-corrected chi connectivity index (χ4v) is 2.76. The Labute approximate surface area is 115 Å². The third-order valence-corrected chi connectivity index (χ3v) is 3.90. The number of amides is 1. The van der Waals surface area contributed by atoms with Crippen LogP contribution in [0, 0.1) is 0 Å².